The molecule has 1 aromatic carbocycles. The number of methoxy groups -OCH3 is 1. The van der Waals surface area contributed by atoms with Gasteiger partial charge in [-0.25, -0.2) is 8.42 Å². The zero-order valence-electron chi connectivity index (χ0n) is 18.5. The second kappa shape index (κ2) is 10.8. The van der Waals surface area contributed by atoms with E-state index in [2.05, 4.69) is 0 Å². The normalized spacial score (nSPS) is 12.1. The average Bonchev–Trinajstić information content (AvgIpc) is 2.75. The van der Waals surface area contributed by atoms with Gasteiger partial charge in [-0.3, -0.25) is 9.59 Å². The van der Waals surface area contributed by atoms with Crippen LogP contribution in [-0.2, 0) is 27.9 Å². The van der Waals surface area contributed by atoms with Gasteiger partial charge in [0.25, 0.3) is 5.56 Å². The standard InChI is InChI=1S/C21H26F3N3O5S/c1-4-27(5-2)33(30,31)18-10-11-19(28)25(13-18)14-20(29)26(15-21(22,23)24)12-16-6-8-17(32-3)9-7-16/h6-11,13H,4-5,12,14-15H2,1-3H3. The van der Waals surface area contributed by atoms with Crippen LogP contribution in [0.3, 0.4) is 0 Å². The molecule has 2 aromatic rings. The summed E-state index contributed by atoms with van der Waals surface area (Å²) in [5, 5.41) is 0. The molecule has 0 aliphatic rings. The van der Waals surface area contributed by atoms with Crippen LogP contribution in [0.25, 0.3) is 0 Å². The first-order valence-electron chi connectivity index (χ1n) is 10.1. The number of carbonyl (C=O) groups is 1. The lowest BCUT2D eigenvalue weighted by molar-refractivity contribution is -0.162. The number of aromatic nitrogens is 1. The van der Waals surface area contributed by atoms with Crippen LogP contribution in [0.5, 0.6) is 5.75 Å². The number of benzene rings is 1. The van der Waals surface area contributed by atoms with E-state index in [1.165, 1.54) is 23.5 Å². The van der Waals surface area contributed by atoms with Crippen molar-refractivity contribution in [1.29, 1.82) is 0 Å². The lowest BCUT2D eigenvalue weighted by atomic mass is 10.2. The molecule has 8 nitrogen and oxygen atoms in total. The van der Waals surface area contributed by atoms with Crippen molar-refractivity contribution in [2.45, 2.75) is 38.0 Å². The van der Waals surface area contributed by atoms with Gasteiger partial charge in [0, 0.05) is 31.9 Å². The second-order valence-corrected chi connectivity index (χ2v) is 9.07. The number of rotatable bonds is 10. The highest BCUT2D eigenvalue weighted by molar-refractivity contribution is 7.89. The number of ether oxygens (including phenoxy) is 1. The van der Waals surface area contributed by atoms with Gasteiger partial charge >= 0.3 is 6.18 Å². The maximum Gasteiger partial charge on any atom is 0.406 e. The molecule has 0 aliphatic carbocycles. The van der Waals surface area contributed by atoms with Crippen LogP contribution in [0, 0.1) is 0 Å². The minimum atomic E-state index is -4.67. The number of carbonyl (C=O) groups excluding carboxylic acids is 1. The predicted octanol–water partition coefficient (Wildman–Crippen LogP) is 2.48. The van der Waals surface area contributed by atoms with Crippen molar-refractivity contribution >= 4 is 15.9 Å². The van der Waals surface area contributed by atoms with Crippen LogP contribution in [0.2, 0.25) is 0 Å². The Kier molecular flexibility index (Phi) is 8.67. The molecular weight excluding hydrogens is 463 g/mol. The smallest absolute Gasteiger partial charge is 0.406 e. The first kappa shape index (κ1) is 26.4. The van der Waals surface area contributed by atoms with E-state index in [-0.39, 0.29) is 24.5 Å². The van der Waals surface area contributed by atoms with Crippen LogP contribution < -0.4 is 10.3 Å². The average molecular weight is 490 g/mol. The first-order valence-corrected chi connectivity index (χ1v) is 11.5. The van der Waals surface area contributed by atoms with Crippen molar-refractivity contribution in [2.75, 3.05) is 26.7 Å². The van der Waals surface area contributed by atoms with Crippen molar-refractivity contribution in [3.8, 4) is 5.75 Å². The summed E-state index contributed by atoms with van der Waals surface area (Å²) in [6.45, 7) is 1.06. The van der Waals surface area contributed by atoms with Gasteiger partial charge in [-0.2, -0.15) is 17.5 Å². The number of hydrogen-bond acceptors (Lipinski definition) is 5. The van der Waals surface area contributed by atoms with Crippen LogP contribution in [0.4, 0.5) is 13.2 Å². The summed E-state index contributed by atoms with van der Waals surface area (Å²) in [5.74, 6) is -0.479. The predicted molar refractivity (Wildman–Crippen MR) is 115 cm³/mol. The Morgan fingerprint density at radius 3 is 2.18 bits per heavy atom. The number of sulfonamides is 1. The van der Waals surface area contributed by atoms with Gasteiger partial charge in [-0.15, -0.1) is 0 Å². The summed E-state index contributed by atoms with van der Waals surface area (Å²) >= 11 is 0. The molecule has 0 saturated heterocycles. The van der Waals surface area contributed by atoms with Crippen molar-refractivity contribution in [3.05, 3.63) is 58.5 Å². The van der Waals surface area contributed by atoms with Crippen LogP contribution >= 0.6 is 0 Å². The maximum atomic E-state index is 13.1. The minimum Gasteiger partial charge on any atom is -0.497 e. The Bertz CT molecular complexity index is 1110. The molecule has 1 amide bonds. The molecule has 0 fully saturated rings. The van der Waals surface area contributed by atoms with Gasteiger partial charge in [0.05, 0.1) is 12.0 Å². The molecule has 0 spiro atoms. The van der Waals surface area contributed by atoms with Crippen LogP contribution in [0.1, 0.15) is 19.4 Å². The molecule has 0 saturated carbocycles. The largest absolute Gasteiger partial charge is 0.497 e. The molecule has 182 valence electrons. The zero-order valence-corrected chi connectivity index (χ0v) is 19.3. The van der Waals surface area contributed by atoms with Gasteiger partial charge in [-0.05, 0) is 23.8 Å². The first-order chi connectivity index (χ1) is 15.4. The SMILES string of the molecule is CCN(CC)S(=O)(=O)c1ccc(=O)n(CC(=O)N(Cc2ccc(OC)cc2)CC(F)(F)F)c1. The molecule has 12 heteroatoms. The molecule has 0 radical (unpaired) electrons. The van der Waals surface area contributed by atoms with E-state index in [4.69, 9.17) is 4.74 Å². The highest BCUT2D eigenvalue weighted by atomic mass is 32.2. The van der Waals surface area contributed by atoms with Crippen molar-refractivity contribution in [2.24, 2.45) is 0 Å². The molecule has 0 bridgehead atoms. The Hall–Kier alpha value is -2.86. The maximum absolute atomic E-state index is 13.1. The molecule has 0 aliphatic heterocycles. The van der Waals surface area contributed by atoms with Gasteiger partial charge in [0.1, 0.15) is 18.8 Å². The van der Waals surface area contributed by atoms with Crippen LogP contribution in [0.15, 0.2) is 52.3 Å². The fraction of sp³-hybridized carbons (Fsp3) is 0.429. The van der Waals surface area contributed by atoms with Gasteiger partial charge < -0.3 is 14.2 Å². The zero-order chi connectivity index (χ0) is 24.8. The fourth-order valence-corrected chi connectivity index (χ4v) is 4.62. The quantitative estimate of drug-likeness (QED) is 0.512. The van der Waals surface area contributed by atoms with Crippen LogP contribution in [-0.4, -0.2) is 61.0 Å². The molecule has 1 heterocycles. The molecule has 1 aromatic heterocycles. The number of alkyl halides is 3. The summed E-state index contributed by atoms with van der Waals surface area (Å²) in [4.78, 5) is 25.3. The Balaban J connectivity index is 2.33. The molecule has 0 atom stereocenters. The van der Waals surface area contributed by atoms with E-state index < -0.39 is 40.8 Å². The Labute approximate surface area is 190 Å². The highest BCUT2D eigenvalue weighted by Crippen LogP contribution is 2.20. The number of hydrogen-bond donors (Lipinski definition) is 0. The van der Waals surface area contributed by atoms with Crippen molar-refractivity contribution in [3.63, 3.8) is 0 Å². The number of amides is 1. The molecule has 2 rings (SSSR count). The lowest BCUT2D eigenvalue weighted by Crippen LogP contribution is -2.41. The highest BCUT2D eigenvalue weighted by Gasteiger charge is 2.33. The summed E-state index contributed by atoms with van der Waals surface area (Å²) in [6.07, 6.45) is -3.69. The third kappa shape index (κ3) is 7.06. The lowest BCUT2D eigenvalue weighted by Gasteiger charge is -2.25. The molecule has 0 N–H and O–H groups in total. The second-order valence-electron chi connectivity index (χ2n) is 7.13. The van der Waals surface area contributed by atoms with Gasteiger partial charge in [0.15, 0.2) is 0 Å². The van der Waals surface area contributed by atoms with E-state index in [1.54, 1.807) is 26.0 Å². The van der Waals surface area contributed by atoms with Crippen molar-refractivity contribution < 1.29 is 31.1 Å². The fourth-order valence-electron chi connectivity index (χ4n) is 3.14. The van der Waals surface area contributed by atoms with E-state index in [1.807, 2.05) is 0 Å². The summed E-state index contributed by atoms with van der Waals surface area (Å²) in [5.41, 5.74) is -0.281. The van der Waals surface area contributed by atoms with E-state index in [9.17, 15) is 31.2 Å². The Morgan fingerprint density at radius 2 is 1.67 bits per heavy atom. The van der Waals surface area contributed by atoms with E-state index in [0.29, 0.717) is 16.2 Å². The van der Waals surface area contributed by atoms with Gasteiger partial charge in [0.2, 0.25) is 15.9 Å². The third-order valence-corrected chi connectivity index (χ3v) is 6.89. The summed E-state index contributed by atoms with van der Waals surface area (Å²) < 4.78 is 71.8. The summed E-state index contributed by atoms with van der Waals surface area (Å²) in [6, 6.07) is 8.25. The number of nitrogens with zero attached hydrogens (tertiary/aromatic N) is 3. The number of halogens is 3. The molecule has 0 unspecified atom stereocenters. The Morgan fingerprint density at radius 1 is 1.06 bits per heavy atom. The van der Waals surface area contributed by atoms with Crippen molar-refractivity contribution in [1.82, 2.24) is 13.8 Å². The summed E-state index contributed by atoms with van der Waals surface area (Å²) in [7, 11) is -2.48. The molecular formula is C21H26F3N3O5S. The van der Waals surface area contributed by atoms with E-state index in [0.717, 1.165) is 22.9 Å². The molecule has 33 heavy (non-hydrogen) atoms. The number of pyridine rings is 1. The van der Waals surface area contributed by atoms with E-state index >= 15 is 0 Å². The monoisotopic (exact) mass is 489 g/mol. The van der Waals surface area contributed by atoms with Gasteiger partial charge in [-0.1, -0.05) is 26.0 Å². The minimum absolute atomic E-state index is 0.193. The third-order valence-electron chi connectivity index (χ3n) is 4.86. The topological polar surface area (TPSA) is 88.9 Å².